The van der Waals surface area contributed by atoms with Crippen LogP contribution in [0.2, 0.25) is 0 Å². The fourth-order valence-corrected chi connectivity index (χ4v) is 5.93. The maximum absolute atomic E-state index is 6.40. The van der Waals surface area contributed by atoms with Gasteiger partial charge in [-0.2, -0.15) is 0 Å². The molecule has 3 nitrogen and oxygen atoms in total. The van der Waals surface area contributed by atoms with E-state index in [-0.39, 0.29) is 0 Å². The van der Waals surface area contributed by atoms with E-state index in [1.165, 1.54) is 5.39 Å². The number of aliphatic imine (C=N–C) groups is 2. The van der Waals surface area contributed by atoms with Gasteiger partial charge in [-0.1, -0.05) is 127 Å². The summed E-state index contributed by atoms with van der Waals surface area (Å²) in [6.45, 7) is 0. The molecule has 0 N–H and O–H groups in total. The second-order valence-corrected chi connectivity index (χ2v) is 10.5. The average molecular weight is 539 g/mol. The molecule has 1 aliphatic rings. The molecule has 1 aromatic heterocycles. The van der Waals surface area contributed by atoms with E-state index in [4.69, 9.17) is 14.4 Å². The largest absolute Gasteiger partial charge is 0.456 e. The van der Waals surface area contributed by atoms with E-state index < -0.39 is 0 Å². The molecule has 198 valence electrons. The Labute approximate surface area is 243 Å². The second-order valence-electron chi connectivity index (χ2n) is 10.5. The van der Waals surface area contributed by atoms with Crippen LogP contribution in [0, 0.1) is 0 Å². The highest BCUT2D eigenvalue weighted by atomic mass is 16.3. The standard InChI is InChI=1S/C39H26N2O/c1-3-12-26(13-4-1)30-18-9-10-19-31(30)39-40-34(27-14-5-2-6-15-27)22-23-35(41-39)32-20-11-21-36-38(32)33-24-28-16-7-8-17-29(28)25-37(33)42-36/h1-21,23-25H,22H2. The van der Waals surface area contributed by atoms with Crippen molar-refractivity contribution in [2.45, 2.75) is 6.42 Å². The fourth-order valence-electron chi connectivity index (χ4n) is 5.93. The summed E-state index contributed by atoms with van der Waals surface area (Å²) in [5.74, 6) is 0.701. The molecule has 42 heavy (non-hydrogen) atoms. The van der Waals surface area contributed by atoms with Crippen molar-refractivity contribution in [2.24, 2.45) is 9.98 Å². The van der Waals surface area contributed by atoms with Crippen molar-refractivity contribution in [3.05, 3.63) is 162 Å². The molecule has 0 aliphatic carbocycles. The predicted octanol–water partition coefficient (Wildman–Crippen LogP) is 10.1. The molecular formula is C39H26N2O. The zero-order valence-electron chi connectivity index (χ0n) is 22.9. The van der Waals surface area contributed by atoms with E-state index in [0.29, 0.717) is 12.3 Å². The Hall–Kier alpha value is -5.54. The Morgan fingerprint density at radius 3 is 1.93 bits per heavy atom. The molecule has 0 saturated heterocycles. The van der Waals surface area contributed by atoms with Gasteiger partial charge in [0.2, 0.25) is 0 Å². The van der Waals surface area contributed by atoms with Gasteiger partial charge in [-0.3, -0.25) is 0 Å². The van der Waals surface area contributed by atoms with Crippen LogP contribution >= 0.6 is 0 Å². The number of hydrogen-bond acceptors (Lipinski definition) is 3. The monoisotopic (exact) mass is 538 g/mol. The van der Waals surface area contributed by atoms with Gasteiger partial charge >= 0.3 is 0 Å². The minimum atomic E-state index is 0.662. The summed E-state index contributed by atoms with van der Waals surface area (Å²) < 4.78 is 6.40. The lowest BCUT2D eigenvalue weighted by Crippen LogP contribution is -2.06. The first-order chi connectivity index (χ1) is 20.8. The number of fused-ring (bicyclic) bond motifs is 4. The molecule has 3 heteroatoms. The van der Waals surface area contributed by atoms with Crippen molar-refractivity contribution in [2.75, 3.05) is 0 Å². The van der Waals surface area contributed by atoms with Crippen LogP contribution in [0.1, 0.15) is 23.1 Å². The van der Waals surface area contributed by atoms with Gasteiger partial charge < -0.3 is 4.42 Å². The lowest BCUT2D eigenvalue weighted by atomic mass is 9.98. The Morgan fingerprint density at radius 1 is 0.500 bits per heavy atom. The third kappa shape index (κ3) is 4.23. The zero-order valence-corrected chi connectivity index (χ0v) is 22.9. The summed E-state index contributed by atoms with van der Waals surface area (Å²) >= 11 is 0. The van der Waals surface area contributed by atoms with Crippen LogP contribution in [0.4, 0.5) is 0 Å². The van der Waals surface area contributed by atoms with Crippen LogP contribution in [0.25, 0.3) is 49.5 Å². The SMILES string of the molecule is C1=C(c2cccc3oc4cc5ccccc5cc4c23)N=C(c2ccccc2-c2ccccc2)N=C(c2ccccc2)C1. The van der Waals surface area contributed by atoms with E-state index in [2.05, 4.69) is 127 Å². The van der Waals surface area contributed by atoms with Crippen LogP contribution in [0.3, 0.4) is 0 Å². The van der Waals surface area contributed by atoms with Gasteiger partial charge in [-0.05, 0) is 45.7 Å². The summed E-state index contributed by atoms with van der Waals surface area (Å²) in [6.07, 6.45) is 2.87. The summed E-state index contributed by atoms with van der Waals surface area (Å²) in [4.78, 5) is 10.6. The Bertz CT molecular complexity index is 2200. The lowest BCUT2D eigenvalue weighted by molar-refractivity contribution is 0.669. The summed E-state index contributed by atoms with van der Waals surface area (Å²) in [5.41, 5.74) is 8.99. The number of benzene rings is 6. The average Bonchev–Trinajstić information content (AvgIpc) is 3.27. The van der Waals surface area contributed by atoms with Crippen molar-refractivity contribution in [3.8, 4) is 11.1 Å². The molecule has 0 fully saturated rings. The normalized spacial score (nSPS) is 13.6. The maximum atomic E-state index is 6.40. The van der Waals surface area contributed by atoms with Crippen LogP contribution in [0.5, 0.6) is 0 Å². The highest BCUT2D eigenvalue weighted by molar-refractivity contribution is 6.19. The highest BCUT2D eigenvalue weighted by Gasteiger charge is 2.20. The predicted molar refractivity (Wildman–Crippen MR) is 175 cm³/mol. The van der Waals surface area contributed by atoms with E-state index in [1.807, 2.05) is 18.2 Å². The van der Waals surface area contributed by atoms with E-state index >= 15 is 0 Å². The van der Waals surface area contributed by atoms with Gasteiger partial charge in [0.15, 0.2) is 5.84 Å². The number of furan rings is 1. The number of rotatable bonds is 4. The van der Waals surface area contributed by atoms with Crippen molar-refractivity contribution in [1.29, 1.82) is 0 Å². The van der Waals surface area contributed by atoms with E-state index in [9.17, 15) is 0 Å². The van der Waals surface area contributed by atoms with Gasteiger partial charge in [0, 0.05) is 28.3 Å². The number of amidine groups is 1. The van der Waals surface area contributed by atoms with E-state index in [1.54, 1.807) is 0 Å². The molecule has 2 heterocycles. The third-order valence-corrected chi connectivity index (χ3v) is 7.96. The van der Waals surface area contributed by atoms with Crippen LogP contribution in [-0.4, -0.2) is 11.5 Å². The molecule has 7 aromatic rings. The summed E-state index contributed by atoms with van der Waals surface area (Å²) in [7, 11) is 0. The molecule has 0 spiro atoms. The molecular weight excluding hydrogens is 512 g/mol. The first-order valence-electron chi connectivity index (χ1n) is 14.2. The smallest absolute Gasteiger partial charge is 0.160 e. The Balaban J connectivity index is 1.36. The maximum Gasteiger partial charge on any atom is 0.160 e. The molecule has 0 saturated carbocycles. The molecule has 0 unspecified atom stereocenters. The van der Waals surface area contributed by atoms with Crippen molar-refractivity contribution in [3.63, 3.8) is 0 Å². The van der Waals surface area contributed by atoms with Crippen molar-refractivity contribution < 1.29 is 4.42 Å². The molecule has 6 aromatic carbocycles. The second kappa shape index (κ2) is 10.1. The summed E-state index contributed by atoms with van der Waals surface area (Å²) in [6, 6.07) is 48.3. The highest BCUT2D eigenvalue weighted by Crippen LogP contribution is 2.38. The first kappa shape index (κ1) is 24.3. The minimum Gasteiger partial charge on any atom is -0.456 e. The summed E-state index contributed by atoms with van der Waals surface area (Å²) in [5, 5.41) is 4.52. The fraction of sp³-hybridized carbons (Fsp3) is 0.0256. The third-order valence-electron chi connectivity index (χ3n) is 7.96. The number of allylic oxidation sites excluding steroid dienone is 1. The van der Waals surface area contributed by atoms with E-state index in [0.717, 1.165) is 66.6 Å². The van der Waals surface area contributed by atoms with Crippen LogP contribution in [-0.2, 0) is 0 Å². The minimum absolute atomic E-state index is 0.662. The molecule has 8 rings (SSSR count). The van der Waals surface area contributed by atoms with Crippen molar-refractivity contribution >= 4 is 50.0 Å². The molecule has 0 amide bonds. The Kier molecular flexibility index (Phi) is 5.86. The molecule has 1 aliphatic heterocycles. The number of nitrogens with zero attached hydrogens (tertiary/aromatic N) is 2. The molecule has 0 radical (unpaired) electrons. The van der Waals surface area contributed by atoms with Gasteiger partial charge in [0.25, 0.3) is 0 Å². The Morgan fingerprint density at radius 2 is 1.14 bits per heavy atom. The van der Waals surface area contributed by atoms with Gasteiger partial charge in [-0.25, -0.2) is 9.98 Å². The van der Waals surface area contributed by atoms with Gasteiger partial charge in [0.1, 0.15) is 11.2 Å². The topological polar surface area (TPSA) is 37.9 Å². The van der Waals surface area contributed by atoms with Crippen LogP contribution < -0.4 is 0 Å². The molecule has 0 atom stereocenters. The molecule has 0 bridgehead atoms. The van der Waals surface area contributed by atoms with Crippen LogP contribution in [0.15, 0.2) is 160 Å². The number of hydrogen-bond donors (Lipinski definition) is 0. The first-order valence-corrected chi connectivity index (χ1v) is 14.2. The van der Waals surface area contributed by atoms with Gasteiger partial charge in [0.05, 0.1) is 11.4 Å². The van der Waals surface area contributed by atoms with Gasteiger partial charge in [-0.15, -0.1) is 0 Å². The van der Waals surface area contributed by atoms with Crippen molar-refractivity contribution in [1.82, 2.24) is 0 Å². The zero-order chi connectivity index (χ0) is 27.9. The lowest BCUT2D eigenvalue weighted by Gasteiger charge is -2.11. The quantitative estimate of drug-likeness (QED) is 0.220.